The van der Waals surface area contributed by atoms with Crippen LogP contribution in [0.3, 0.4) is 0 Å². The standard InChI is InChI=1S/C17H15NO.C16H14N2O.ClH/c18-13-14-7-4-5-10-16(14)19-17(11-6-12-17)15-8-2-1-3-9-15;17-10-13-6-4-5-9-15(13)19-16(11-18-12-16)14-7-2-1-3-8-14;/h1-5,7-10H,6,11-12H2;1-9,18H,11-12H2;1H. The maximum atomic E-state index is 9.15. The smallest absolute Gasteiger partial charge is 0.159 e. The van der Waals surface area contributed by atoms with E-state index in [9.17, 15) is 0 Å². The van der Waals surface area contributed by atoms with Crippen LogP contribution >= 0.6 is 12.4 Å². The van der Waals surface area contributed by atoms with Gasteiger partial charge >= 0.3 is 0 Å². The highest BCUT2D eigenvalue weighted by Crippen LogP contribution is 2.45. The van der Waals surface area contributed by atoms with E-state index in [0.717, 1.165) is 31.5 Å². The molecule has 1 heterocycles. The van der Waals surface area contributed by atoms with Gasteiger partial charge in [-0.15, -0.1) is 12.4 Å². The summed E-state index contributed by atoms with van der Waals surface area (Å²) in [6.45, 7) is 1.52. The van der Waals surface area contributed by atoms with E-state index in [1.165, 1.54) is 12.0 Å². The van der Waals surface area contributed by atoms with Crippen molar-refractivity contribution in [3.05, 3.63) is 131 Å². The number of para-hydroxylation sites is 2. The van der Waals surface area contributed by atoms with E-state index in [-0.39, 0.29) is 23.6 Å². The zero-order valence-electron chi connectivity index (χ0n) is 21.5. The summed E-state index contributed by atoms with van der Waals surface area (Å²) in [5, 5.41) is 21.5. The molecule has 4 aromatic carbocycles. The van der Waals surface area contributed by atoms with Crippen molar-refractivity contribution in [1.82, 2.24) is 5.32 Å². The van der Waals surface area contributed by atoms with E-state index in [2.05, 4.69) is 41.7 Å². The normalized spacial score (nSPS) is 15.7. The Kier molecular flexibility index (Phi) is 8.89. The molecule has 0 bridgehead atoms. The third-order valence-corrected chi connectivity index (χ3v) is 7.21. The molecule has 0 radical (unpaired) electrons. The Morgan fingerprint density at radius 2 is 0.974 bits per heavy atom. The average molecular weight is 536 g/mol. The number of rotatable bonds is 6. The largest absolute Gasteiger partial charge is 0.481 e. The molecule has 5 nitrogen and oxygen atoms in total. The van der Waals surface area contributed by atoms with Gasteiger partial charge in [-0.1, -0.05) is 84.9 Å². The van der Waals surface area contributed by atoms with Gasteiger partial charge in [0.2, 0.25) is 0 Å². The molecule has 6 rings (SSSR count). The van der Waals surface area contributed by atoms with E-state index in [4.69, 9.17) is 20.0 Å². The Hall–Kier alpha value is -4.29. The second-order valence-electron chi connectivity index (χ2n) is 9.60. The quantitative estimate of drug-likeness (QED) is 0.291. The van der Waals surface area contributed by atoms with E-state index in [1.807, 2.05) is 72.8 Å². The molecule has 0 unspecified atom stereocenters. The second-order valence-corrected chi connectivity index (χ2v) is 9.60. The number of halogens is 1. The lowest BCUT2D eigenvalue weighted by Gasteiger charge is -2.43. The average Bonchev–Trinajstić information content (AvgIpc) is 2.94. The molecule has 1 aliphatic carbocycles. The predicted octanol–water partition coefficient (Wildman–Crippen LogP) is 6.87. The van der Waals surface area contributed by atoms with Gasteiger partial charge in [0.25, 0.3) is 0 Å². The topological polar surface area (TPSA) is 78.1 Å². The number of hydrogen-bond acceptors (Lipinski definition) is 5. The molecule has 0 spiro atoms. The number of nitrogens with one attached hydrogen (secondary N) is 1. The highest BCUT2D eigenvalue weighted by Gasteiger charge is 2.42. The summed E-state index contributed by atoms with van der Waals surface area (Å²) in [6, 6.07) is 39.6. The van der Waals surface area contributed by atoms with Crippen molar-refractivity contribution in [3.8, 4) is 23.6 Å². The zero-order valence-corrected chi connectivity index (χ0v) is 22.4. The Morgan fingerprint density at radius 1 is 0.564 bits per heavy atom. The van der Waals surface area contributed by atoms with E-state index >= 15 is 0 Å². The van der Waals surface area contributed by atoms with Crippen molar-refractivity contribution < 1.29 is 9.47 Å². The Labute approximate surface area is 236 Å². The summed E-state index contributed by atoms with van der Waals surface area (Å²) in [4.78, 5) is 0. The fourth-order valence-electron chi connectivity index (χ4n) is 4.84. The number of nitrogens with zero attached hydrogens (tertiary/aromatic N) is 2. The van der Waals surface area contributed by atoms with Crippen molar-refractivity contribution in [1.29, 1.82) is 10.5 Å². The Morgan fingerprint density at radius 3 is 1.36 bits per heavy atom. The van der Waals surface area contributed by atoms with Gasteiger partial charge in [-0.3, -0.25) is 0 Å². The monoisotopic (exact) mass is 535 g/mol. The molecular formula is C33H30ClN3O2. The molecule has 1 saturated heterocycles. The summed E-state index contributed by atoms with van der Waals surface area (Å²) >= 11 is 0. The van der Waals surface area contributed by atoms with Gasteiger partial charge in [-0.2, -0.15) is 10.5 Å². The molecule has 0 amide bonds. The number of nitriles is 2. The fourth-order valence-corrected chi connectivity index (χ4v) is 4.84. The molecule has 4 aromatic rings. The number of benzene rings is 4. The molecule has 2 aliphatic rings. The molecule has 1 N–H and O–H groups in total. The summed E-state index contributed by atoms with van der Waals surface area (Å²) in [6.07, 6.45) is 3.19. The van der Waals surface area contributed by atoms with Gasteiger partial charge in [0.15, 0.2) is 5.60 Å². The third kappa shape index (κ3) is 5.91. The molecule has 0 atom stereocenters. The van der Waals surface area contributed by atoms with Crippen molar-refractivity contribution >= 4 is 12.4 Å². The van der Waals surface area contributed by atoms with Crippen LogP contribution in [0.2, 0.25) is 0 Å². The van der Waals surface area contributed by atoms with Crippen LogP contribution in [0.15, 0.2) is 109 Å². The molecule has 0 aromatic heterocycles. The Bertz CT molecular complexity index is 1340. The van der Waals surface area contributed by atoms with Crippen LogP contribution < -0.4 is 14.8 Å². The third-order valence-electron chi connectivity index (χ3n) is 7.21. The van der Waals surface area contributed by atoms with E-state index in [1.54, 1.807) is 12.1 Å². The van der Waals surface area contributed by atoms with Crippen molar-refractivity contribution in [3.63, 3.8) is 0 Å². The van der Waals surface area contributed by atoms with Gasteiger partial charge in [0, 0.05) is 13.1 Å². The van der Waals surface area contributed by atoms with Crippen molar-refractivity contribution in [2.45, 2.75) is 30.5 Å². The molecular weight excluding hydrogens is 506 g/mol. The maximum absolute atomic E-state index is 9.15. The first kappa shape index (κ1) is 27.7. The fraction of sp³-hybridized carbons (Fsp3) is 0.212. The molecule has 2 fully saturated rings. The van der Waals surface area contributed by atoms with E-state index < -0.39 is 0 Å². The lowest BCUT2D eigenvalue weighted by atomic mass is 9.75. The number of ether oxygens (including phenoxy) is 2. The van der Waals surface area contributed by atoms with Crippen LogP contribution in [-0.4, -0.2) is 13.1 Å². The molecule has 1 aliphatic heterocycles. The van der Waals surface area contributed by atoms with Gasteiger partial charge < -0.3 is 14.8 Å². The zero-order chi connectivity index (χ0) is 26.3. The number of hydrogen-bond donors (Lipinski definition) is 1. The maximum Gasteiger partial charge on any atom is 0.159 e. The minimum absolute atomic E-state index is 0. The van der Waals surface area contributed by atoms with Crippen LogP contribution in [0, 0.1) is 22.7 Å². The molecule has 6 heteroatoms. The summed E-state index contributed by atoms with van der Waals surface area (Å²) in [5.41, 5.74) is 2.92. The Balaban J connectivity index is 0.000000176. The van der Waals surface area contributed by atoms with Crippen LogP contribution in [0.25, 0.3) is 0 Å². The lowest BCUT2D eigenvalue weighted by Crippen LogP contribution is -2.60. The van der Waals surface area contributed by atoms with Crippen molar-refractivity contribution in [2.75, 3.05) is 13.1 Å². The first-order valence-corrected chi connectivity index (χ1v) is 12.9. The minimum Gasteiger partial charge on any atom is -0.481 e. The van der Waals surface area contributed by atoms with Gasteiger partial charge in [0.1, 0.15) is 29.2 Å². The second kappa shape index (κ2) is 12.5. The molecule has 196 valence electrons. The predicted molar refractivity (Wildman–Crippen MR) is 154 cm³/mol. The molecule has 1 saturated carbocycles. The molecule has 39 heavy (non-hydrogen) atoms. The SMILES string of the molecule is Cl.N#Cc1ccccc1OC1(c2ccccc2)CCC1.N#Cc1ccccc1OC1(c2ccccc2)CNC1. The first-order valence-electron chi connectivity index (χ1n) is 12.9. The lowest BCUT2D eigenvalue weighted by molar-refractivity contribution is -0.0124. The van der Waals surface area contributed by atoms with Gasteiger partial charge in [-0.25, -0.2) is 0 Å². The van der Waals surface area contributed by atoms with Crippen molar-refractivity contribution in [2.24, 2.45) is 0 Å². The summed E-state index contributed by atoms with van der Waals surface area (Å²) < 4.78 is 12.4. The van der Waals surface area contributed by atoms with Gasteiger partial charge in [0.05, 0.1) is 11.1 Å². The van der Waals surface area contributed by atoms with Crippen LogP contribution in [0.4, 0.5) is 0 Å². The highest BCUT2D eigenvalue weighted by atomic mass is 35.5. The summed E-state index contributed by atoms with van der Waals surface area (Å²) in [5.74, 6) is 1.34. The van der Waals surface area contributed by atoms with Crippen LogP contribution in [0.5, 0.6) is 11.5 Å². The van der Waals surface area contributed by atoms with Crippen LogP contribution in [-0.2, 0) is 11.2 Å². The van der Waals surface area contributed by atoms with Crippen LogP contribution in [0.1, 0.15) is 41.5 Å². The first-order chi connectivity index (χ1) is 18.7. The van der Waals surface area contributed by atoms with E-state index in [0.29, 0.717) is 22.6 Å². The highest BCUT2D eigenvalue weighted by molar-refractivity contribution is 5.85. The minimum atomic E-state index is -0.353. The van der Waals surface area contributed by atoms with Gasteiger partial charge in [-0.05, 0) is 54.7 Å². The summed E-state index contributed by atoms with van der Waals surface area (Å²) in [7, 11) is 0.